The fourth-order valence-electron chi connectivity index (χ4n) is 3.70. The van der Waals surface area contributed by atoms with Crippen molar-refractivity contribution in [2.75, 3.05) is 26.2 Å². The van der Waals surface area contributed by atoms with Crippen LogP contribution in [0.4, 0.5) is 0 Å². The number of nitrogens with zero attached hydrogens (tertiary/aromatic N) is 3. The number of pyridine rings is 1. The van der Waals surface area contributed by atoms with Crippen LogP contribution in [-0.2, 0) is 10.0 Å². The Morgan fingerprint density at radius 1 is 0.909 bits per heavy atom. The van der Waals surface area contributed by atoms with Gasteiger partial charge in [0, 0.05) is 37.9 Å². The lowest BCUT2D eigenvalue weighted by atomic mass is 10.0. The zero-order chi connectivity index (χ0) is 23.4. The standard InChI is InChI=1S/C25H27N3O4S/c1-19(2)20-7-11-24(12-8-20)33(30,31)28-16-14-27(15-17-28)25(29)21-5-9-22(10-6-21)32-23-4-3-13-26-18-23/h3-13,18-19H,14-17H2,1-2H3. The summed E-state index contributed by atoms with van der Waals surface area (Å²) in [6, 6.07) is 17.5. The minimum absolute atomic E-state index is 0.124. The molecule has 172 valence electrons. The van der Waals surface area contributed by atoms with Crippen LogP contribution < -0.4 is 4.74 Å². The van der Waals surface area contributed by atoms with Crippen molar-refractivity contribution in [2.45, 2.75) is 24.7 Å². The van der Waals surface area contributed by atoms with Crippen molar-refractivity contribution in [1.29, 1.82) is 0 Å². The summed E-state index contributed by atoms with van der Waals surface area (Å²) < 4.78 is 33.2. The average Bonchev–Trinajstić information content (AvgIpc) is 2.85. The van der Waals surface area contributed by atoms with Crippen LogP contribution in [0.1, 0.15) is 35.7 Å². The van der Waals surface area contributed by atoms with Crippen molar-refractivity contribution < 1.29 is 17.9 Å². The van der Waals surface area contributed by atoms with E-state index in [0.29, 0.717) is 36.1 Å². The Morgan fingerprint density at radius 3 is 2.15 bits per heavy atom. The van der Waals surface area contributed by atoms with Crippen molar-refractivity contribution in [3.05, 3.63) is 84.2 Å². The second-order valence-corrected chi connectivity index (χ2v) is 10.2. The van der Waals surface area contributed by atoms with Gasteiger partial charge in [-0.25, -0.2) is 8.42 Å². The van der Waals surface area contributed by atoms with Gasteiger partial charge in [-0.3, -0.25) is 9.78 Å². The molecule has 0 saturated carbocycles. The maximum atomic E-state index is 13.0. The molecule has 4 rings (SSSR count). The maximum absolute atomic E-state index is 13.0. The van der Waals surface area contributed by atoms with Crippen molar-refractivity contribution in [1.82, 2.24) is 14.2 Å². The minimum Gasteiger partial charge on any atom is -0.456 e. The molecule has 1 saturated heterocycles. The summed E-state index contributed by atoms with van der Waals surface area (Å²) in [4.78, 5) is 18.9. The highest BCUT2D eigenvalue weighted by molar-refractivity contribution is 7.89. The van der Waals surface area contributed by atoms with Gasteiger partial charge in [0.15, 0.2) is 0 Å². The van der Waals surface area contributed by atoms with E-state index in [1.54, 1.807) is 65.8 Å². The summed E-state index contributed by atoms with van der Waals surface area (Å²) in [6.07, 6.45) is 3.29. The van der Waals surface area contributed by atoms with Crippen LogP contribution >= 0.6 is 0 Å². The Bertz CT molecular complexity index is 1190. The minimum atomic E-state index is -3.58. The van der Waals surface area contributed by atoms with E-state index in [-0.39, 0.29) is 23.9 Å². The van der Waals surface area contributed by atoms with Crippen molar-refractivity contribution in [3.63, 3.8) is 0 Å². The summed E-state index contributed by atoms with van der Waals surface area (Å²) in [5, 5.41) is 0. The van der Waals surface area contributed by atoms with Gasteiger partial charge in [-0.1, -0.05) is 26.0 Å². The first-order valence-electron chi connectivity index (χ1n) is 10.9. The van der Waals surface area contributed by atoms with Gasteiger partial charge in [-0.05, 0) is 60.0 Å². The van der Waals surface area contributed by atoms with Crippen LogP contribution in [0.25, 0.3) is 0 Å². The molecule has 0 bridgehead atoms. The van der Waals surface area contributed by atoms with Crippen LogP contribution in [0, 0.1) is 0 Å². The molecule has 2 aromatic carbocycles. The summed E-state index contributed by atoms with van der Waals surface area (Å²) >= 11 is 0. The van der Waals surface area contributed by atoms with Gasteiger partial charge in [-0.15, -0.1) is 0 Å². The van der Waals surface area contributed by atoms with Crippen molar-refractivity contribution in [2.24, 2.45) is 0 Å². The van der Waals surface area contributed by atoms with E-state index >= 15 is 0 Å². The highest BCUT2D eigenvalue weighted by Crippen LogP contribution is 2.23. The molecular weight excluding hydrogens is 438 g/mol. The Hall–Kier alpha value is -3.23. The van der Waals surface area contributed by atoms with Crippen molar-refractivity contribution >= 4 is 15.9 Å². The number of carbonyl (C=O) groups excluding carboxylic acids is 1. The Kier molecular flexibility index (Phi) is 6.76. The van der Waals surface area contributed by atoms with Gasteiger partial charge in [0.25, 0.3) is 5.91 Å². The highest BCUT2D eigenvalue weighted by Gasteiger charge is 2.30. The molecule has 1 fully saturated rings. The number of benzene rings is 2. The molecule has 7 nitrogen and oxygen atoms in total. The molecule has 0 atom stereocenters. The second kappa shape index (κ2) is 9.72. The third-order valence-corrected chi connectivity index (χ3v) is 7.59. The lowest BCUT2D eigenvalue weighted by Gasteiger charge is -2.34. The predicted molar refractivity (Wildman–Crippen MR) is 126 cm³/mol. The number of carbonyl (C=O) groups is 1. The maximum Gasteiger partial charge on any atom is 0.253 e. The van der Waals surface area contributed by atoms with Crippen LogP contribution in [0.2, 0.25) is 0 Å². The van der Waals surface area contributed by atoms with Gasteiger partial charge in [0.05, 0.1) is 11.1 Å². The third kappa shape index (κ3) is 5.23. The topological polar surface area (TPSA) is 79.8 Å². The van der Waals surface area contributed by atoms with Gasteiger partial charge in [0.1, 0.15) is 11.5 Å². The molecule has 2 heterocycles. The molecule has 8 heteroatoms. The van der Waals surface area contributed by atoms with E-state index in [1.165, 1.54) is 4.31 Å². The number of aromatic nitrogens is 1. The van der Waals surface area contributed by atoms with E-state index < -0.39 is 10.0 Å². The van der Waals surface area contributed by atoms with Gasteiger partial charge < -0.3 is 9.64 Å². The van der Waals surface area contributed by atoms with Crippen LogP contribution in [0.3, 0.4) is 0 Å². The Labute approximate surface area is 194 Å². The highest BCUT2D eigenvalue weighted by atomic mass is 32.2. The Morgan fingerprint density at radius 2 is 1.58 bits per heavy atom. The number of hydrogen-bond donors (Lipinski definition) is 0. The fraction of sp³-hybridized carbons (Fsp3) is 0.280. The van der Waals surface area contributed by atoms with Crippen LogP contribution in [0.5, 0.6) is 11.5 Å². The number of sulfonamides is 1. The Balaban J connectivity index is 1.36. The summed E-state index contributed by atoms with van der Waals surface area (Å²) in [7, 11) is -3.58. The molecule has 0 N–H and O–H groups in total. The molecule has 0 spiro atoms. The lowest BCUT2D eigenvalue weighted by Crippen LogP contribution is -2.50. The zero-order valence-electron chi connectivity index (χ0n) is 18.7. The normalized spacial score (nSPS) is 14.9. The summed E-state index contributed by atoms with van der Waals surface area (Å²) in [5.74, 6) is 1.44. The summed E-state index contributed by atoms with van der Waals surface area (Å²) in [6.45, 7) is 5.36. The number of ether oxygens (including phenoxy) is 1. The molecule has 0 aliphatic carbocycles. The fourth-order valence-corrected chi connectivity index (χ4v) is 5.12. The van der Waals surface area contributed by atoms with Crippen molar-refractivity contribution in [3.8, 4) is 11.5 Å². The number of hydrogen-bond acceptors (Lipinski definition) is 5. The number of piperazine rings is 1. The largest absolute Gasteiger partial charge is 0.456 e. The SMILES string of the molecule is CC(C)c1ccc(S(=O)(=O)N2CCN(C(=O)c3ccc(Oc4cccnc4)cc3)CC2)cc1. The monoisotopic (exact) mass is 465 g/mol. The smallest absolute Gasteiger partial charge is 0.253 e. The molecule has 0 radical (unpaired) electrons. The first-order chi connectivity index (χ1) is 15.8. The van der Waals surface area contributed by atoms with Gasteiger partial charge in [0.2, 0.25) is 10.0 Å². The van der Waals surface area contributed by atoms with E-state index in [1.807, 2.05) is 12.1 Å². The molecule has 0 unspecified atom stereocenters. The molecular formula is C25H27N3O4S. The lowest BCUT2D eigenvalue weighted by molar-refractivity contribution is 0.0698. The molecule has 1 aliphatic heterocycles. The van der Waals surface area contributed by atoms with Gasteiger partial charge in [-0.2, -0.15) is 4.31 Å². The van der Waals surface area contributed by atoms with Gasteiger partial charge >= 0.3 is 0 Å². The molecule has 1 aromatic heterocycles. The number of amides is 1. The third-order valence-electron chi connectivity index (χ3n) is 5.68. The molecule has 3 aromatic rings. The second-order valence-electron chi connectivity index (χ2n) is 8.24. The van der Waals surface area contributed by atoms with E-state index in [0.717, 1.165) is 5.56 Å². The zero-order valence-corrected chi connectivity index (χ0v) is 19.5. The number of rotatable bonds is 6. The van der Waals surface area contributed by atoms with E-state index in [9.17, 15) is 13.2 Å². The average molecular weight is 466 g/mol. The predicted octanol–water partition coefficient (Wildman–Crippen LogP) is 4.14. The van der Waals surface area contributed by atoms with Crippen LogP contribution in [-0.4, -0.2) is 54.7 Å². The first-order valence-corrected chi connectivity index (χ1v) is 12.4. The molecule has 1 amide bonds. The molecule has 33 heavy (non-hydrogen) atoms. The van der Waals surface area contributed by atoms with E-state index in [4.69, 9.17) is 4.74 Å². The quantitative estimate of drug-likeness (QED) is 0.547. The summed E-state index contributed by atoms with van der Waals surface area (Å²) in [5.41, 5.74) is 1.63. The van der Waals surface area contributed by atoms with Crippen LogP contribution in [0.15, 0.2) is 78.0 Å². The first kappa shape index (κ1) is 22.9. The van der Waals surface area contributed by atoms with E-state index in [2.05, 4.69) is 18.8 Å². The molecule has 1 aliphatic rings.